The van der Waals surface area contributed by atoms with Crippen molar-refractivity contribution in [3.8, 4) is 0 Å². The van der Waals surface area contributed by atoms with Gasteiger partial charge in [-0.15, -0.1) is 0 Å². The Morgan fingerprint density at radius 1 is 1.71 bits per heavy atom. The third kappa shape index (κ3) is 1.32. The van der Waals surface area contributed by atoms with Crippen molar-refractivity contribution < 1.29 is 14.3 Å². The number of nitrogens with zero attached hydrogens (tertiary/aromatic N) is 1. The van der Waals surface area contributed by atoms with Crippen molar-refractivity contribution in [3.05, 3.63) is 0 Å². The monoisotopic (exact) mass is 201 g/mol. The molecule has 14 heavy (non-hydrogen) atoms. The first-order chi connectivity index (χ1) is 6.57. The molecule has 4 heteroatoms. The zero-order chi connectivity index (χ0) is 10.3. The Bertz CT molecular complexity index is 259. The number of hydrogen-bond donors (Lipinski definition) is 1. The van der Waals surface area contributed by atoms with Gasteiger partial charge in [0.05, 0.1) is 6.61 Å². The number of alkyl halides is 1. The van der Waals surface area contributed by atoms with E-state index < -0.39 is 6.17 Å². The zero-order valence-corrected chi connectivity index (χ0v) is 8.37. The van der Waals surface area contributed by atoms with E-state index in [1.54, 1.807) is 4.90 Å². The molecule has 1 saturated heterocycles. The Morgan fingerprint density at radius 3 is 2.93 bits per heavy atom. The lowest BCUT2D eigenvalue weighted by atomic mass is 9.82. The molecule has 0 aromatic heterocycles. The highest BCUT2D eigenvalue weighted by Gasteiger charge is 2.53. The number of carbonyl (C=O) groups excluding carboxylic acids is 1. The number of aliphatic hydroxyl groups is 1. The number of amides is 1. The SMILES string of the molecule is CC(=O)N1CC2CC(F)CC2(CO)C1. The minimum atomic E-state index is -0.791. The van der Waals surface area contributed by atoms with Crippen molar-refractivity contribution in [2.24, 2.45) is 11.3 Å². The summed E-state index contributed by atoms with van der Waals surface area (Å²) in [6.07, 6.45) is 0.128. The minimum absolute atomic E-state index is 0.00185. The highest BCUT2D eigenvalue weighted by molar-refractivity contribution is 5.73. The van der Waals surface area contributed by atoms with Crippen molar-refractivity contribution >= 4 is 5.91 Å². The van der Waals surface area contributed by atoms with Crippen LogP contribution in [0.4, 0.5) is 4.39 Å². The van der Waals surface area contributed by atoms with Gasteiger partial charge in [0.15, 0.2) is 0 Å². The second-order valence-corrected chi connectivity index (χ2v) is 4.65. The summed E-state index contributed by atoms with van der Waals surface area (Å²) in [7, 11) is 0. The largest absolute Gasteiger partial charge is 0.396 e. The molecule has 2 fully saturated rings. The number of hydrogen-bond acceptors (Lipinski definition) is 2. The first-order valence-corrected chi connectivity index (χ1v) is 5.08. The molecule has 0 aromatic rings. The smallest absolute Gasteiger partial charge is 0.219 e. The average Bonchev–Trinajstić information content (AvgIpc) is 2.57. The Balaban J connectivity index is 2.14. The van der Waals surface area contributed by atoms with Crippen LogP contribution in [0.25, 0.3) is 0 Å². The Hall–Kier alpha value is -0.640. The van der Waals surface area contributed by atoms with Gasteiger partial charge in [0.25, 0.3) is 0 Å². The van der Waals surface area contributed by atoms with E-state index in [0.717, 1.165) is 0 Å². The van der Waals surface area contributed by atoms with Gasteiger partial charge in [-0.1, -0.05) is 0 Å². The van der Waals surface area contributed by atoms with E-state index >= 15 is 0 Å². The molecule has 1 aliphatic heterocycles. The van der Waals surface area contributed by atoms with E-state index in [9.17, 15) is 14.3 Å². The van der Waals surface area contributed by atoms with Crippen LogP contribution in [0.3, 0.4) is 0 Å². The maximum Gasteiger partial charge on any atom is 0.219 e. The third-order valence-electron chi connectivity index (χ3n) is 3.74. The van der Waals surface area contributed by atoms with Crippen LogP contribution in [0, 0.1) is 11.3 Å². The summed E-state index contributed by atoms with van der Waals surface area (Å²) in [6.45, 7) is 2.68. The van der Waals surface area contributed by atoms with Crippen LogP contribution in [0.15, 0.2) is 0 Å². The lowest BCUT2D eigenvalue weighted by Crippen LogP contribution is -2.33. The first kappa shape index (κ1) is 9.90. The van der Waals surface area contributed by atoms with Crippen LogP contribution in [0.5, 0.6) is 0 Å². The van der Waals surface area contributed by atoms with Gasteiger partial charge in [-0.25, -0.2) is 4.39 Å². The lowest BCUT2D eigenvalue weighted by molar-refractivity contribution is -0.128. The van der Waals surface area contributed by atoms with E-state index in [1.807, 2.05) is 0 Å². The van der Waals surface area contributed by atoms with Crippen LogP contribution >= 0.6 is 0 Å². The van der Waals surface area contributed by atoms with Gasteiger partial charge in [0.2, 0.25) is 5.91 Å². The fourth-order valence-electron chi connectivity index (χ4n) is 2.91. The van der Waals surface area contributed by atoms with Gasteiger partial charge >= 0.3 is 0 Å². The molecular weight excluding hydrogens is 185 g/mol. The molecule has 0 radical (unpaired) electrons. The lowest BCUT2D eigenvalue weighted by Gasteiger charge is -2.25. The predicted molar refractivity (Wildman–Crippen MR) is 49.4 cm³/mol. The van der Waals surface area contributed by atoms with E-state index in [2.05, 4.69) is 0 Å². The molecule has 0 bridgehead atoms. The molecule has 1 N–H and O–H groups in total. The Morgan fingerprint density at radius 2 is 2.43 bits per heavy atom. The summed E-state index contributed by atoms with van der Waals surface area (Å²) >= 11 is 0. The van der Waals surface area contributed by atoms with E-state index in [-0.39, 0.29) is 23.8 Å². The van der Waals surface area contributed by atoms with Crippen molar-refractivity contribution in [2.45, 2.75) is 25.9 Å². The molecule has 1 aliphatic carbocycles. The maximum absolute atomic E-state index is 13.2. The molecular formula is C10H16FNO2. The van der Waals surface area contributed by atoms with Crippen molar-refractivity contribution in [1.82, 2.24) is 4.90 Å². The van der Waals surface area contributed by atoms with Crippen LogP contribution < -0.4 is 0 Å². The molecule has 1 saturated carbocycles. The minimum Gasteiger partial charge on any atom is -0.396 e. The second-order valence-electron chi connectivity index (χ2n) is 4.65. The van der Waals surface area contributed by atoms with E-state index in [0.29, 0.717) is 25.9 Å². The highest BCUT2D eigenvalue weighted by atomic mass is 19.1. The highest BCUT2D eigenvalue weighted by Crippen LogP contribution is 2.49. The van der Waals surface area contributed by atoms with Gasteiger partial charge in [-0.3, -0.25) is 4.79 Å². The molecule has 80 valence electrons. The van der Waals surface area contributed by atoms with Crippen LogP contribution in [-0.2, 0) is 4.79 Å². The zero-order valence-electron chi connectivity index (χ0n) is 8.37. The first-order valence-electron chi connectivity index (χ1n) is 5.08. The van der Waals surface area contributed by atoms with Gasteiger partial charge in [-0.2, -0.15) is 0 Å². The van der Waals surface area contributed by atoms with Gasteiger partial charge in [-0.05, 0) is 18.8 Å². The van der Waals surface area contributed by atoms with Crippen LogP contribution in [0.1, 0.15) is 19.8 Å². The summed E-state index contributed by atoms with van der Waals surface area (Å²) in [5, 5.41) is 9.34. The van der Waals surface area contributed by atoms with Crippen LogP contribution in [-0.4, -0.2) is 41.8 Å². The van der Waals surface area contributed by atoms with Crippen molar-refractivity contribution in [1.29, 1.82) is 0 Å². The summed E-state index contributed by atoms with van der Waals surface area (Å²) in [5.74, 6) is 0.189. The number of likely N-dealkylation sites (tertiary alicyclic amines) is 1. The summed E-state index contributed by atoms with van der Waals surface area (Å²) in [5.41, 5.74) is -0.342. The van der Waals surface area contributed by atoms with Crippen molar-refractivity contribution in [3.63, 3.8) is 0 Å². The number of carbonyl (C=O) groups is 1. The number of rotatable bonds is 1. The molecule has 0 spiro atoms. The van der Waals surface area contributed by atoms with Crippen molar-refractivity contribution in [2.75, 3.05) is 19.7 Å². The molecule has 2 aliphatic rings. The Kier molecular flexibility index (Phi) is 2.26. The topological polar surface area (TPSA) is 40.5 Å². The average molecular weight is 201 g/mol. The normalized spacial score (nSPS) is 41.5. The number of halogens is 1. The molecule has 3 unspecified atom stereocenters. The molecule has 3 nitrogen and oxygen atoms in total. The van der Waals surface area contributed by atoms with Crippen LogP contribution in [0.2, 0.25) is 0 Å². The standard InChI is InChI=1S/C10H16FNO2/c1-7(14)12-4-8-2-9(11)3-10(8,5-12)6-13/h8-9,13H,2-6H2,1H3. The second kappa shape index (κ2) is 3.19. The molecule has 1 amide bonds. The summed E-state index contributed by atoms with van der Waals surface area (Å²) < 4.78 is 13.2. The summed E-state index contributed by atoms with van der Waals surface area (Å²) in [6, 6.07) is 0. The van der Waals surface area contributed by atoms with Gasteiger partial charge in [0, 0.05) is 25.4 Å². The fourth-order valence-corrected chi connectivity index (χ4v) is 2.91. The third-order valence-corrected chi connectivity index (χ3v) is 3.74. The molecule has 1 heterocycles. The maximum atomic E-state index is 13.2. The molecule has 3 atom stereocenters. The number of fused-ring (bicyclic) bond motifs is 1. The van der Waals surface area contributed by atoms with E-state index in [4.69, 9.17) is 0 Å². The predicted octanol–water partition coefficient (Wildman–Crippen LogP) is 0.575. The molecule has 0 aromatic carbocycles. The summed E-state index contributed by atoms with van der Waals surface area (Å²) in [4.78, 5) is 12.9. The Labute approximate surface area is 82.9 Å². The molecule has 2 rings (SSSR count). The quantitative estimate of drug-likeness (QED) is 0.674. The van der Waals surface area contributed by atoms with Gasteiger partial charge < -0.3 is 10.0 Å². The number of aliphatic hydroxyl groups excluding tert-OH is 1. The fraction of sp³-hybridized carbons (Fsp3) is 0.900. The van der Waals surface area contributed by atoms with E-state index in [1.165, 1.54) is 6.92 Å². The van der Waals surface area contributed by atoms with Gasteiger partial charge in [0.1, 0.15) is 6.17 Å².